The van der Waals surface area contributed by atoms with E-state index in [-0.39, 0.29) is 11.9 Å². The lowest BCUT2D eigenvalue weighted by Crippen LogP contribution is -2.48. The minimum absolute atomic E-state index is 0.0772. The van der Waals surface area contributed by atoms with Gasteiger partial charge in [-0.3, -0.25) is 4.79 Å². The van der Waals surface area contributed by atoms with Gasteiger partial charge in [0.05, 0.1) is 20.3 Å². The SMILES string of the molecule is CCc1ccccc1NC(=O)N(CCOC)Cc1nc(C(=O)N2CCN(c3ccc(OC)cc3)CC2)cs1. The topological polar surface area (TPSA) is 87.2 Å². The monoisotopic (exact) mass is 537 g/mol. The summed E-state index contributed by atoms with van der Waals surface area (Å²) in [5.41, 5.74) is 3.41. The number of nitrogens with one attached hydrogen (secondary N) is 1. The molecule has 38 heavy (non-hydrogen) atoms. The van der Waals surface area contributed by atoms with Crippen molar-refractivity contribution in [2.75, 3.05) is 63.8 Å². The van der Waals surface area contributed by atoms with Gasteiger partial charge >= 0.3 is 6.03 Å². The summed E-state index contributed by atoms with van der Waals surface area (Å²) in [6, 6.07) is 15.5. The molecule has 10 heteroatoms. The van der Waals surface area contributed by atoms with Gasteiger partial charge < -0.3 is 29.5 Å². The van der Waals surface area contributed by atoms with Crippen LogP contribution in [0.4, 0.5) is 16.2 Å². The van der Waals surface area contributed by atoms with E-state index in [0.29, 0.717) is 43.5 Å². The zero-order chi connectivity index (χ0) is 26.9. The largest absolute Gasteiger partial charge is 0.497 e. The number of carbonyl (C=O) groups is 2. The predicted octanol–water partition coefficient (Wildman–Crippen LogP) is 4.36. The number of aromatic nitrogens is 1. The van der Waals surface area contributed by atoms with Crippen LogP contribution in [0.3, 0.4) is 0 Å². The van der Waals surface area contributed by atoms with Crippen molar-refractivity contribution < 1.29 is 19.1 Å². The van der Waals surface area contributed by atoms with Crippen molar-refractivity contribution in [1.29, 1.82) is 0 Å². The molecule has 2 heterocycles. The fraction of sp³-hybridized carbons (Fsp3) is 0.393. The molecule has 1 aromatic heterocycles. The molecule has 202 valence electrons. The molecule has 9 nitrogen and oxygen atoms in total. The number of piperazine rings is 1. The summed E-state index contributed by atoms with van der Waals surface area (Å²) in [5, 5.41) is 5.51. The number of hydrogen-bond donors (Lipinski definition) is 1. The zero-order valence-electron chi connectivity index (χ0n) is 22.2. The Kier molecular flexibility index (Phi) is 9.56. The molecule has 2 aromatic carbocycles. The van der Waals surface area contributed by atoms with Crippen LogP contribution in [0.5, 0.6) is 5.75 Å². The highest BCUT2D eigenvalue weighted by atomic mass is 32.1. The van der Waals surface area contributed by atoms with E-state index in [0.717, 1.165) is 42.2 Å². The van der Waals surface area contributed by atoms with Crippen LogP contribution in [0.15, 0.2) is 53.9 Å². The van der Waals surface area contributed by atoms with E-state index in [1.54, 1.807) is 24.5 Å². The van der Waals surface area contributed by atoms with Gasteiger partial charge in [0.15, 0.2) is 0 Å². The van der Waals surface area contributed by atoms with Crippen molar-refractivity contribution in [2.24, 2.45) is 0 Å². The Bertz CT molecular complexity index is 1210. The van der Waals surface area contributed by atoms with Gasteiger partial charge in [-0.1, -0.05) is 25.1 Å². The van der Waals surface area contributed by atoms with Gasteiger partial charge in [0.1, 0.15) is 16.5 Å². The Labute approximate surface area is 228 Å². The van der Waals surface area contributed by atoms with Gasteiger partial charge in [-0.05, 0) is 42.3 Å². The molecule has 1 saturated heterocycles. The van der Waals surface area contributed by atoms with Crippen molar-refractivity contribution >= 4 is 34.6 Å². The maximum absolute atomic E-state index is 13.2. The third-order valence-electron chi connectivity index (χ3n) is 6.59. The van der Waals surface area contributed by atoms with E-state index >= 15 is 0 Å². The van der Waals surface area contributed by atoms with E-state index in [2.05, 4.69) is 22.1 Å². The first-order valence-corrected chi connectivity index (χ1v) is 13.7. The minimum atomic E-state index is -0.222. The molecule has 0 unspecified atom stereocenters. The molecule has 0 saturated carbocycles. The number of amides is 3. The predicted molar refractivity (Wildman–Crippen MR) is 150 cm³/mol. The Balaban J connectivity index is 1.36. The second-order valence-corrected chi connectivity index (χ2v) is 9.90. The van der Waals surface area contributed by atoms with Crippen LogP contribution in [0.25, 0.3) is 0 Å². The van der Waals surface area contributed by atoms with Crippen molar-refractivity contribution in [3.05, 3.63) is 70.2 Å². The van der Waals surface area contributed by atoms with Gasteiger partial charge in [0, 0.05) is 56.6 Å². The van der Waals surface area contributed by atoms with E-state index in [1.165, 1.54) is 11.3 Å². The number of thiazole rings is 1. The number of benzene rings is 2. The average molecular weight is 538 g/mol. The Morgan fingerprint density at radius 1 is 1.05 bits per heavy atom. The highest BCUT2D eigenvalue weighted by molar-refractivity contribution is 7.09. The van der Waals surface area contributed by atoms with Crippen LogP contribution in [0.1, 0.15) is 28.0 Å². The second-order valence-electron chi connectivity index (χ2n) is 8.96. The highest BCUT2D eigenvalue weighted by Gasteiger charge is 2.25. The first-order valence-electron chi connectivity index (χ1n) is 12.8. The van der Waals surface area contributed by atoms with E-state index in [4.69, 9.17) is 9.47 Å². The maximum Gasteiger partial charge on any atom is 0.322 e. The summed E-state index contributed by atoms with van der Waals surface area (Å²) in [6.45, 7) is 5.91. The number of aryl methyl sites for hydroxylation is 1. The molecule has 1 aliphatic heterocycles. The molecule has 1 fully saturated rings. The third-order valence-corrected chi connectivity index (χ3v) is 7.43. The van der Waals surface area contributed by atoms with Gasteiger partial charge in [0.2, 0.25) is 0 Å². The van der Waals surface area contributed by atoms with Crippen LogP contribution in [-0.2, 0) is 17.7 Å². The Morgan fingerprint density at radius 2 is 1.79 bits per heavy atom. The number of para-hydroxylation sites is 1. The Hall–Kier alpha value is -3.63. The zero-order valence-corrected chi connectivity index (χ0v) is 23.0. The number of rotatable bonds is 10. The fourth-order valence-electron chi connectivity index (χ4n) is 4.37. The lowest BCUT2D eigenvalue weighted by molar-refractivity contribution is 0.0741. The number of anilines is 2. The summed E-state index contributed by atoms with van der Waals surface area (Å²) in [7, 11) is 3.26. The molecule has 4 rings (SSSR count). The molecule has 0 spiro atoms. The van der Waals surface area contributed by atoms with E-state index < -0.39 is 0 Å². The quantitative estimate of drug-likeness (QED) is 0.414. The lowest BCUT2D eigenvalue weighted by Gasteiger charge is -2.35. The number of carbonyl (C=O) groups excluding carboxylic acids is 2. The van der Waals surface area contributed by atoms with Gasteiger partial charge in [-0.2, -0.15) is 0 Å². The normalized spacial score (nSPS) is 13.3. The van der Waals surface area contributed by atoms with Crippen LogP contribution >= 0.6 is 11.3 Å². The number of nitrogens with zero attached hydrogens (tertiary/aromatic N) is 4. The molecular weight excluding hydrogens is 502 g/mol. The summed E-state index contributed by atoms with van der Waals surface area (Å²) in [5.74, 6) is 0.748. The average Bonchev–Trinajstić information content (AvgIpc) is 3.44. The van der Waals surface area contributed by atoms with Crippen LogP contribution in [0.2, 0.25) is 0 Å². The van der Waals surface area contributed by atoms with Crippen molar-refractivity contribution in [3.8, 4) is 5.75 Å². The highest BCUT2D eigenvalue weighted by Crippen LogP contribution is 2.22. The smallest absolute Gasteiger partial charge is 0.322 e. The molecule has 0 radical (unpaired) electrons. The molecule has 0 aliphatic carbocycles. The van der Waals surface area contributed by atoms with Crippen molar-refractivity contribution in [3.63, 3.8) is 0 Å². The molecule has 0 atom stereocenters. The summed E-state index contributed by atoms with van der Waals surface area (Å²) in [4.78, 5) is 36.6. The van der Waals surface area contributed by atoms with Crippen LogP contribution < -0.4 is 15.0 Å². The van der Waals surface area contributed by atoms with Crippen molar-refractivity contribution in [2.45, 2.75) is 19.9 Å². The number of ether oxygens (including phenoxy) is 2. The summed E-state index contributed by atoms with van der Waals surface area (Å²) < 4.78 is 10.5. The van der Waals surface area contributed by atoms with E-state index in [9.17, 15) is 9.59 Å². The minimum Gasteiger partial charge on any atom is -0.497 e. The molecule has 0 bridgehead atoms. The molecule has 3 aromatic rings. The number of methoxy groups -OCH3 is 2. The molecular formula is C28H35N5O4S. The lowest BCUT2D eigenvalue weighted by atomic mass is 10.1. The molecule has 3 amide bonds. The van der Waals surface area contributed by atoms with Gasteiger partial charge in [0.25, 0.3) is 5.91 Å². The third kappa shape index (κ3) is 6.81. The van der Waals surface area contributed by atoms with Gasteiger partial charge in [-0.25, -0.2) is 9.78 Å². The van der Waals surface area contributed by atoms with Crippen molar-refractivity contribution in [1.82, 2.24) is 14.8 Å². The maximum atomic E-state index is 13.2. The number of hydrogen-bond acceptors (Lipinski definition) is 7. The fourth-order valence-corrected chi connectivity index (χ4v) is 5.15. The standard InChI is InChI=1S/C28H35N5O4S/c1-4-21-7-5-6-8-24(21)30-28(35)33(17-18-36-2)19-26-29-25(20-38-26)27(34)32-15-13-31(14-16-32)22-9-11-23(37-3)12-10-22/h5-12,20H,4,13-19H2,1-3H3,(H,30,35). The number of urea groups is 1. The molecule has 1 N–H and O–H groups in total. The first-order chi connectivity index (χ1) is 18.5. The van der Waals surface area contributed by atoms with E-state index in [1.807, 2.05) is 53.4 Å². The van der Waals surface area contributed by atoms with Crippen LogP contribution in [0, 0.1) is 0 Å². The first kappa shape index (κ1) is 27.4. The summed E-state index contributed by atoms with van der Waals surface area (Å²) >= 11 is 1.39. The second kappa shape index (κ2) is 13.3. The van der Waals surface area contributed by atoms with Crippen LogP contribution in [-0.4, -0.2) is 80.3 Å². The summed E-state index contributed by atoms with van der Waals surface area (Å²) in [6.07, 6.45) is 0.820. The Morgan fingerprint density at radius 3 is 2.47 bits per heavy atom. The molecule has 1 aliphatic rings. The van der Waals surface area contributed by atoms with Gasteiger partial charge in [-0.15, -0.1) is 11.3 Å².